The minimum atomic E-state index is -0.0503. The lowest BCUT2D eigenvalue weighted by Crippen LogP contribution is -2.53. The van der Waals surface area contributed by atoms with E-state index in [4.69, 9.17) is 4.74 Å². The topological polar surface area (TPSA) is 26.3 Å². The maximum atomic E-state index is 11.9. The van der Waals surface area contributed by atoms with Crippen molar-refractivity contribution in [2.75, 3.05) is 18.6 Å². The van der Waals surface area contributed by atoms with E-state index in [1.807, 2.05) is 0 Å². The van der Waals surface area contributed by atoms with Crippen molar-refractivity contribution in [2.24, 2.45) is 0 Å². The Morgan fingerprint density at radius 3 is 2.21 bits per heavy atom. The van der Waals surface area contributed by atoms with Crippen molar-refractivity contribution in [3.8, 4) is 0 Å². The van der Waals surface area contributed by atoms with Gasteiger partial charge in [-0.15, -0.1) is 0 Å². The standard InChI is InChI=1S/C11H19O2S/c1-13-10(12)11-6-2-4-8-14(11)9-5-3-7-11/h2-9H2,1H3/q+1. The van der Waals surface area contributed by atoms with E-state index in [1.54, 1.807) is 7.11 Å². The van der Waals surface area contributed by atoms with E-state index in [0.717, 1.165) is 12.8 Å². The molecule has 3 heteroatoms. The molecule has 0 unspecified atom stereocenters. The zero-order chi connectivity index (χ0) is 10.0. The van der Waals surface area contributed by atoms with E-state index < -0.39 is 0 Å². The first kappa shape index (κ1) is 10.3. The summed E-state index contributed by atoms with van der Waals surface area (Å²) in [6.45, 7) is 0. The van der Waals surface area contributed by atoms with Gasteiger partial charge in [0.15, 0.2) is 0 Å². The molecule has 0 amide bonds. The van der Waals surface area contributed by atoms with E-state index >= 15 is 0 Å². The molecule has 80 valence electrons. The molecule has 0 aromatic rings. The van der Waals surface area contributed by atoms with Crippen molar-refractivity contribution in [1.82, 2.24) is 0 Å². The molecule has 0 radical (unpaired) electrons. The van der Waals surface area contributed by atoms with Gasteiger partial charge in [0.1, 0.15) is 11.5 Å². The Balaban J connectivity index is 2.20. The third-order valence-corrected chi connectivity index (χ3v) is 6.80. The Labute approximate surface area is 88.7 Å². The SMILES string of the molecule is COC(=O)C12CCCC[S+]1CCCC2. The van der Waals surface area contributed by atoms with Gasteiger partial charge in [-0.3, -0.25) is 0 Å². The van der Waals surface area contributed by atoms with Crippen LogP contribution < -0.4 is 0 Å². The van der Waals surface area contributed by atoms with Crippen molar-refractivity contribution in [3.05, 3.63) is 0 Å². The summed E-state index contributed by atoms with van der Waals surface area (Å²) >= 11 is 0. The molecule has 0 spiro atoms. The van der Waals surface area contributed by atoms with Crippen LogP contribution >= 0.6 is 0 Å². The zero-order valence-electron chi connectivity index (χ0n) is 8.88. The van der Waals surface area contributed by atoms with Gasteiger partial charge in [0.25, 0.3) is 0 Å². The largest absolute Gasteiger partial charge is 0.465 e. The van der Waals surface area contributed by atoms with E-state index in [-0.39, 0.29) is 10.7 Å². The summed E-state index contributed by atoms with van der Waals surface area (Å²) in [6, 6.07) is 0. The second kappa shape index (κ2) is 4.13. The average Bonchev–Trinajstić information content (AvgIpc) is 2.28. The monoisotopic (exact) mass is 215 g/mol. The summed E-state index contributed by atoms with van der Waals surface area (Å²) in [6.07, 6.45) is 7.26. The highest BCUT2D eigenvalue weighted by Gasteiger charge is 2.57. The van der Waals surface area contributed by atoms with Crippen LogP contribution in [0.3, 0.4) is 0 Å². The van der Waals surface area contributed by atoms with Crippen LogP contribution in [0, 0.1) is 0 Å². The minimum Gasteiger partial charge on any atom is -0.465 e. The predicted octanol–water partition coefficient (Wildman–Crippen LogP) is 1.88. The first-order chi connectivity index (χ1) is 6.79. The van der Waals surface area contributed by atoms with Crippen LogP contribution in [0.25, 0.3) is 0 Å². The van der Waals surface area contributed by atoms with E-state index in [2.05, 4.69) is 0 Å². The third-order valence-electron chi connectivity index (χ3n) is 3.55. The number of hydrogen-bond acceptors (Lipinski definition) is 2. The lowest BCUT2D eigenvalue weighted by atomic mass is 9.94. The van der Waals surface area contributed by atoms with E-state index in [0.29, 0.717) is 10.9 Å². The fourth-order valence-corrected chi connectivity index (χ4v) is 6.06. The van der Waals surface area contributed by atoms with Crippen LogP contribution in [-0.4, -0.2) is 29.3 Å². The molecule has 2 nitrogen and oxygen atoms in total. The molecule has 2 saturated heterocycles. The van der Waals surface area contributed by atoms with Crippen LogP contribution in [0.15, 0.2) is 0 Å². The summed E-state index contributed by atoms with van der Waals surface area (Å²) in [7, 11) is 1.88. The van der Waals surface area contributed by atoms with Crippen molar-refractivity contribution >= 4 is 16.9 Å². The van der Waals surface area contributed by atoms with Gasteiger partial charge < -0.3 is 4.74 Å². The molecular weight excluding hydrogens is 196 g/mol. The molecule has 0 aromatic carbocycles. The Hall–Kier alpha value is -0.180. The smallest absolute Gasteiger partial charge is 0.362 e. The molecule has 2 heterocycles. The molecule has 0 atom stereocenters. The van der Waals surface area contributed by atoms with Gasteiger partial charge in [0.2, 0.25) is 4.75 Å². The fraction of sp³-hybridized carbons (Fsp3) is 0.909. The first-order valence-electron chi connectivity index (χ1n) is 5.56. The number of ether oxygens (including phenoxy) is 1. The molecule has 2 aliphatic heterocycles. The highest BCUT2D eigenvalue weighted by molar-refractivity contribution is 7.99. The van der Waals surface area contributed by atoms with Gasteiger partial charge in [-0.2, -0.15) is 0 Å². The third kappa shape index (κ3) is 1.56. The minimum absolute atomic E-state index is 0.0503. The molecule has 2 rings (SSSR count). The van der Waals surface area contributed by atoms with Gasteiger partial charge in [-0.25, -0.2) is 4.79 Å². The number of methoxy groups -OCH3 is 1. The van der Waals surface area contributed by atoms with Crippen LogP contribution in [0.5, 0.6) is 0 Å². The van der Waals surface area contributed by atoms with Gasteiger partial charge in [0.05, 0.1) is 7.11 Å². The van der Waals surface area contributed by atoms with Crippen molar-refractivity contribution in [1.29, 1.82) is 0 Å². The average molecular weight is 215 g/mol. The highest BCUT2D eigenvalue weighted by Crippen LogP contribution is 2.41. The number of rotatable bonds is 1. The second-order valence-electron chi connectivity index (χ2n) is 4.30. The van der Waals surface area contributed by atoms with Gasteiger partial charge in [-0.1, -0.05) is 0 Å². The summed E-state index contributed by atoms with van der Waals surface area (Å²) in [4.78, 5) is 11.9. The lowest BCUT2D eigenvalue weighted by molar-refractivity contribution is -0.144. The lowest BCUT2D eigenvalue weighted by Gasteiger charge is -2.37. The molecule has 2 aliphatic rings. The summed E-state index contributed by atoms with van der Waals surface area (Å²) < 4.78 is 4.97. The Morgan fingerprint density at radius 1 is 1.14 bits per heavy atom. The van der Waals surface area contributed by atoms with Crippen molar-refractivity contribution < 1.29 is 9.53 Å². The van der Waals surface area contributed by atoms with Crippen LogP contribution in [0.2, 0.25) is 0 Å². The van der Waals surface area contributed by atoms with Gasteiger partial charge >= 0.3 is 5.97 Å². The number of fused-ring (bicyclic) bond motifs is 1. The Morgan fingerprint density at radius 2 is 1.71 bits per heavy atom. The molecule has 0 aliphatic carbocycles. The highest BCUT2D eigenvalue weighted by atomic mass is 32.2. The second-order valence-corrected chi connectivity index (χ2v) is 6.88. The van der Waals surface area contributed by atoms with E-state index in [9.17, 15) is 4.79 Å². The predicted molar refractivity (Wildman–Crippen MR) is 59.5 cm³/mol. The quantitative estimate of drug-likeness (QED) is 0.493. The summed E-state index contributed by atoms with van der Waals surface area (Å²) in [5.74, 6) is 2.63. The normalized spacial score (nSPS) is 37.4. The van der Waals surface area contributed by atoms with Crippen LogP contribution in [-0.2, 0) is 20.4 Å². The molecule has 0 N–H and O–H groups in total. The maximum Gasteiger partial charge on any atom is 0.362 e. The molecule has 14 heavy (non-hydrogen) atoms. The van der Waals surface area contributed by atoms with E-state index in [1.165, 1.54) is 37.2 Å². The first-order valence-corrected chi connectivity index (χ1v) is 7.12. The number of carbonyl (C=O) groups is 1. The molecule has 0 saturated carbocycles. The Kier molecular flexibility index (Phi) is 3.05. The molecule has 2 fully saturated rings. The summed E-state index contributed by atoms with van der Waals surface area (Å²) in [5, 5.41) is 0. The van der Waals surface area contributed by atoms with Crippen molar-refractivity contribution in [3.63, 3.8) is 0 Å². The number of carbonyl (C=O) groups excluding carboxylic acids is 1. The number of hydrogen-bond donors (Lipinski definition) is 0. The molecule has 0 bridgehead atoms. The Bertz CT molecular complexity index is 215. The molecular formula is C11H19O2S+. The zero-order valence-corrected chi connectivity index (χ0v) is 9.70. The fourth-order valence-electron chi connectivity index (χ4n) is 2.79. The summed E-state index contributed by atoms with van der Waals surface area (Å²) in [5.41, 5.74) is 0. The van der Waals surface area contributed by atoms with Gasteiger partial charge in [-0.05, 0) is 25.7 Å². The van der Waals surface area contributed by atoms with Gasteiger partial charge in [0, 0.05) is 23.7 Å². The number of esters is 1. The van der Waals surface area contributed by atoms with Crippen LogP contribution in [0.1, 0.15) is 38.5 Å². The van der Waals surface area contributed by atoms with Crippen molar-refractivity contribution in [2.45, 2.75) is 43.3 Å². The molecule has 0 aromatic heterocycles. The van der Waals surface area contributed by atoms with Crippen LogP contribution in [0.4, 0.5) is 0 Å². The maximum absolute atomic E-state index is 11.9.